The Kier molecular flexibility index (Phi) is 3.58. The van der Waals surface area contributed by atoms with Gasteiger partial charge in [-0.15, -0.1) is 0 Å². The molecule has 0 aromatic heterocycles. The van der Waals surface area contributed by atoms with Crippen LogP contribution in [0.25, 0.3) is 0 Å². The summed E-state index contributed by atoms with van der Waals surface area (Å²) < 4.78 is 0. The minimum Gasteiger partial charge on any atom is -0.508 e. The number of hydrogen-bond donors (Lipinski definition) is 1. The first-order valence-corrected chi connectivity index (χ1v) is 6.05. The highest BCUT2D eigenvalue weighted by molar-refractivity contribution is 7.99. The lowest BCUT2D eigenvalue weighted by molar-refractivity contribution is 0.475. The normalized spacial score (nSPS) is 9.88. The third kappa shape index (κ3) is 2.73. The number of nitriles is 1. The van der Waals surface area contributed by atoms with Gasteiger partial charge in [-0.05, 0) is 36.4 Å². The van der Waals surface area contributed by atoms with Crippen molar-refractivity contribution in [1.82, 2.24) is 0 Å². The van der Waals surface area contributed by atoms with E-state index in [0.717, 1.165) is 9.79 Å². The van der Waals surface area contributed by atoms with E-state index in [9.17, 15) is 5.11 Å². The lowest BCUT2D eigenvalue weighted by Crippen LogP contribution is -1.82. The summed E-state index contributed by atoms with van der Waals surface area (Å²) in [5.74, 6) is 0.223. The number of nitrogens with zero attached hydrogens (tertiary/aromatic N) is 1. The lowest BCUT2D eigenvalue weighted by Gasteiger charge is -2.05. The Labute approximate surface area is 108 Å². The summed E-state index contributed by atoms with van der Waals surface area (Å²) in [7, 11) is 0. The highest BCUT2D eigenvalue weighted by atomic mass is 35.5. The minimum absolute atomic E-state index is 0.223. The van der Waals surface area contributed by atoms with Crippen LogP contribution in [0.5, 0.6) is 5.75 Å². The van der Waals surface area contributed by atoms with Crippen molar-refractivity contribution < 1.29 is 5.11 Å². The molecule has 2 nitrogen and oxygen atoms in total. The Hall–Kier alpha value is -1.63. The zero-order valence-electron chi connectivity index (χ0n) is 8.72. The molecule has 0 saturated heterocycles. The molecule has 0 radical (unpaired) electrons. The molecule has 2 rings (SSSR count). The maximum atomic E-state index is 9.18. The Morgan fingerprint density at radius 1 is 1.12 bits per heavy atom. The first-order valence-electron chi connectivity index (χ1n) is 4.86. The molecule has 0 unspecified atom stereocenters. The van der Waals surface area contributed by atoms with Gasteiger partial charge in [0.1, 0.15) is 11.8 Å². The molecule has 84 valence electrons. The summed E-state index contributed by atoms with van der Waals surface area (Å²) in [6.07, 6.45) is 0. The molecule has 1 N–H and O–H groups in total. The van der Waals surface area contributed by atoms with E-state index in [1.165, 1.54) is 11.8 Å². The molecule has 2 aromatic rings. The quantitative estimate of drug-likeness (QED) is 0.886. The van der Waals surface area contributed by atoms with Gasteiger partial charge in [0.05, 0.1) is 10.6 Å². The van der Waals surface area contributed by atoms with Crippen LogP contribution in [0, 0.1) is 11.3 Å². The van der Waals surface area contributed by atoms with Gasteiger partial charge >= 0.3 is 0 Å². The number of phenolic OH excluding ortho intramolecular Hbond substituents is 1. The second-order valence-corrected chi connectivity index (χ2v) is 4.84. The lowest BCUT2D eigenvalue weighted by atomic mass is 10.2. The van der Waals surface area contributed by atoms with Crippen molar-refractivity contribution in [1.29, 1.82) is 5.26 Å². The second-order valence-electron chi connectivity index (χ2n) is 3.32. The van der Waals surface area contributed by atoms with Crippen molar-refractivity contribution in [3.8, 4) is 11.8 Å². The molecule has 0 aliphatic heterocycles. The van der Waals surface area contributed by atoms with Gasteiger partial charge in [0.15, 0.2) is 0 Å². The predicted octanol–water partition coefficient (Wildman–Crippen LogP) is 4.07. The number of phenols is 1. The third-order valence-electron chi connectivity index (χ3n) is 2.15. The standard InChI is InChI=1S/C13H8ClNOS/c14-12-2-1-3-13(11(12)8-15)17-10-6-4-9(16)5-7-10/h1-7,16H. The largest absolute Gasteiger partial charge is 0.508 e. The third-order valence-corrected chi connectivity index (χ3v) is 3.53. The van der Waals surface area contributed by atoms with E-state index in [1.54, 1.807) is 30.3 Å². The van der Waals surface area contributed by atoms with Crippen LogP contribution < -0.4 is 0 Å². The van der Waals surface area contributed by atoms with Crippen LogP contribution in [0.2, 0.25) is 5.02 Å². The molecule has 0 atom stereocenters. The van der Waals surface area contributed by atoms with Gasteiger partial charge in [0.25, 0.3) is 0 Å². The SMILES string of the molecule is N#Cc1c(Cl)cccc1Sc1ccc(O)cc1. The summed E-state index contributed by atoms with van der Waals surface area (Å²) in [5, 5.41) is 18.7. The highest BCUT2D eigenvalue weighted by Gasteiger charge is 2.07. The number of rotatable bonds is 2. The minimum atomic E-state index is 0.223. The molecule has 4 heteroatoms. The van der Waals surface area contributed by atoms with Crippen LogP contribution in [0.1, 0.15) is 5.56 Å². The highest BCUT2D eigenvalue weighted by Crippen LogP contribution is 2.33. The second kappa shape index (κ2) is 5.13. The summed E-state index contributed by atoms with van der Waals surface area (Å²) in [6, 6.07) is 14.3. The number of aromatic hydroxyl groups is 1. The van der Waals surface area contributed by atoms with Crippen LogP contribution in [0.15, 0.2) is 52.3 Å². The van der Waals surface area contributed by atoms with Crippen molar-refractivity contribution in [2.24, 2.45) is 0 Å². The van der Waals surface area contributed by atoms with Gasteiger partial charge in [-0.3, -0.25) is 0 Å². The van der Waals surface area contributed by atoms with Gasteiger partial charge in [0.2, 0.25) is 0 Å². The van der Waals surface area contributed by atoms with E-state index in [0.29, 0.717) is 10.6 Å². The maximum absolute atomic E-state index is 9.18. The topological polar surface area (TPSA) is 44.0 Å². The Morgan fingerprint density at radius 2 is 1.82 bits per heavy atom. The molecule has 2 aromatic carbocycles. The van der Waals surface area contributed by atoms with Crippen molar-refractivity contribution in [2.75, 3.05) is 0 Å². The van der Waals surface area contributed by atoms with E-state index in [4.69, 9.17) is 16.9 Å². The van der Waals surface area contributed by atoms with Crippen LogP contribution in [-0.4, -0.2) is 5.11 Å². The van der Waals surface area contributed by atoms with Crippen LogP contribution in [-0.2, 0) is 0 Å². The molecule has 0 heterocycles. The van der Waals surface area contributed by atoms with Gasteiger partial charge in [-0.1, -0.05) is 29.4 Å². The van der Waals surface area contributed by atoms with E-state index >= 15 is 0 Å². The summed E-state index contributed by atoms with van der Waals surface area (Å²) in [4.78, 5) is 1.76. The Balaban J connectivity index is 2.34. The smallest absolute Gasteiger partial charge is 0.115 e. The molecule has 0 saturated carbocycles. The van der Waals surface area contributed by atoms with E-state index in [-0.39, 0.29) is 5.75 Å². The summed E-state index contributed by atoms with van der Waals surface area (Å²) in [6.45, 7) is 0. The van der Waals surface area contributed by atoms with Crippen LogP contribution >= 0.6 is 23.4 Å². The van der Waals surface area contributed by atoms with Gasteiger partial charge in [0, 0.05) is 9.79 Å². The fourth-order valence-electron chi connectivity index (χ4n) is 1.34. The van der Waals surface area contributed by atoms with Gasteiger partial charge in [-0.25, -0.2) is 0 Å². The number of hydrogen-bond acceptors (Lipinski definition) is 3. The molecular formula is C13H8ClNOS. The molecule has 0 aliphatic carbocycles. The predicted molar refractivity (Wildman–Crippen MR) is 68.4 cm³/mol. The first-order chi connectivity index (χ1) is 8.20. The fraction of sp³-hybridized carbons (Fsp3) is 0. The monoisotopic (exact) mass is 261 g/mol. The molecular weight excluding hydrogens is 254 g/mol. The van der Waals surface area contributed by atoms with E-state index in [1.807, 2.05) is 12.1 Å². The zero-order valence-corrected chi connectivity index (χ0v) is 10.3. The fourth-order valence-corrected chi connectivity index (χ4v) is 2.54. The maximum Gasteiger partial charge on any atom is 0.115 e. The summed E-state index contributed by atoms with van der Waals surface area (Å²) >= 11 is 7.39. The van der Waals surface area contributed by atoms with Crippen LogP contribution in [0.4, 0.5) is 0 Å². The van der Waals surface area contributed by atoms with Crippen molar-refractivity contribution in [2.45, 2.75) is 9.79 Å². The zero-order chi connectivity index (χ0) is 12.3. The van der Waals surface area contributed by atoms with Gasteiger partial charge < -0.3 is 5.11 Å². The van der Waals surface area contributed by atoms with Crippen LogP contribution in [0.3, 0.4) is 0 Å². The van der Waals surface area contributed by atoms with E-state index in [2.05, 4.69) is 6.07 Å². The molecule has 17 heavy (non-hydrogen) atoms. The molecule has 0 aliphatic rings. The summed E-state index contributed by atoms with van der Waals surface area (Å²) in [5.41, 5.74) is 0.479. The average Bonchev–Trinajstić information content (AvgIpc) is 2.32. The molecule has 0 fully saturated rings. The Morgan fingerprint density at radius 3 is 2.47 bits per heavy atom. The molecule has 0 spiro atoms. The first kappa shape index (κ1) is 11.8. The number of halogens is 1. The number of benzene rings is 2. The van der Waals surface area contributed by atoms with Crippen molar-refractivity contribution in [3.63, 3.8) is 0 Å². The van der Waals surface area contributed by atoms with E-state index < -0.39 is 0 Å². The van der Waals surface area contributed by atoms with Gasteiger partial charge in [-0.2, -0.15) is 5.26 Å². The van der Waals surface area contributed by atoms with Crippen molar-refractivity contribution in [3.05, 3.63) is 53.1 Å². The molecule has 0 bridgehead atoms. The average molecular weight is 262 g/mol. The Bertz CT molecular complexity index is 575. The van der Waals surface area contributed by atoms with Crippen molar-refractivity contribution >= 4 is 23.4 Å². The molecule has 0 amide bonds.